The Kier molecular flexibility index (Phi) is 6.04. The van der Waals surface area contributed by atoms with Crippen molar-refractivity contribution < 1.29 is 13.5 Å². The normalized spacial score (nSPS) is 30.8. The van der Waals surface area contributed by atoms with Gasteiger partial charge in [-0.3, -0.25) is 0 Å². The van der Waals surface area contributed by atoms with E-state index in [0.29, 0.717) is 17.6 Å². The molecule has 0 N–H and O–H groups in total. The number of methoxy groups -OCH3 is 1. The van der Waals surface area contributed by atoms with Gasteiger partial charge in [-0.25, -0.2) is 0 Å². The Hall–Kier alpha value is -1.22. The third-order valence-electron chi connectivity index (χ3n) is 6.17. The summed E-state index contributed by atoms with van der Waals surface area (Å²) in [6, 6.07) is 7.69. The van der Waals surface area contributed by atoms with Crippen LogP contribution in [0.1, 0.15) is 68.4 Å². The first-order valence-corrected chi connectivity index (χ1v) is 9.31. The Bertz CT molecular complexity index is 531. The average Bonchev–Trinajstić information content (AvgIpc) is 2.62. The van der Waals surface area contributed by atoms with E-state index >= 15 is 0 Å². The average molecular weight is 334 g/mol. The van der Waals surface area contributed by atoms with Crippen LogP contribution in [0.25, 0.3) is 6.08 Å². The van der Waals surface area contributed by atoms with Crippen molar-refractivity contribution in [3.05, 3.63) is 41.5 Å². The highest BCUT2D eigenvalue weighted by molar-refractivity contribution is 5.50. The molecule has 2 fully saturated rings. The van der Waals surface area contributed by atoms with Crippen molar-refractivity contribution >= 4 is 6.08 Å². The van der Waals surface area contributed by atoms with Gasteiger partial charge in [0.25, 0.3) is 6.08 Å². The van der Waals surface area contributed by atoms with Crippen molar-refractivity contribution in [3.8, 4) is 0 Å². The molecule has 0 amide bonds. The topological polar surface area (TPSA) is 9.23 Å². The Morgan fingerprint density at radius 2 is 1.42 bits per heavy atom. The standard InChI is InChI=1S/C21H28F2O/c1-24-20-12-10-19(11-13-20)18-8-6-17(7-9-18)16-4-2-15(3-5-16)14-21(22)23/h2-5,14,17-20H,6-13H2,1H3. The van der Waals surface area contributed by atoms with Gasteiger partial charge in [-0.2, -0.15) is 8.78 Å². The van der Waals surface area contributed by atoms with Gasteiger partial charge in [0.2, 0.25) is 0 Å². The van der Waals surface area contributed by atoms with Crippen LogP contribution in [0.4, 0.5) is 8.78 Å². The summed E-state index contributed by atoms with van der Waals surface area (Å²) in [5.41, 5.74) is 1.90. The van der Waals surface area contributed by atoms with Gasteiger partial charge in [0.15, 0.2) is 0 Å². The molecule has 2 aliphatic carbocycles. The maximum Gasteiger partial charge on any atom is 0.270 e. The van der Waals surface area contributed by atoms with E-state index in [0.717, 1.165) is 17.9 Å². The van der Waals surface area contributed by atoms with Gasteiger partial charge < -0.3 is 4.74 Å². The van der Waals surface area contributed by atoms with Gasteiger partial charge in [0, 0.05) is 13.2 Å². The highest BCUT2D eigenvalue weighted by Crippen LogP contribution is 2.43. The minimum atomic E-state index is -1.63. The van der Waals surface area contributed by atoms with E-state index in [9.17, 15) is 8.78 Å². The molecule has 0 spiro atoms. The lowest BCUT2D eigenvalue weighted by Gasteiger charge is -2.37. The quantitative estimate of drug-likeness (QED) is 0.619. The van der Waals surface area contributed by atoms with E-state index in [1.54, 1.807) is 0 Å². The molecule has 1 nitrogen and oxygen atoms in total. The van der Waals surface area contributed by atoms with Crippen LogP contribution >= 0.6 is 0 Å². The van der Waals surface area contributed by atoms with E-state index in [2.05, 4.69) is 0 Å². The molecule has 24 heavy (non-hydrogen) atoms. The molecule has 1 aromatic carbocycles. The molecule has 2 aliphatic rings. The Balaban J connectivity index is 1.51. The molecule has 2 saturated carbocycles. The third-order valence-corrected chi connectivity index (χ3v) is 6.17. The summed E-state index contributed by atoms with van der Waals surface area (Å²) in [6.45, 7) is 0. The molecule has 0 heterocycles. The van der Waals surface area contributed by atoms with Crippen LogP contribution in [0, 0.1) is 11.8 Å². The monoisotopic (exact) mass is 334 g/mol. The van der Waals surface area contributed by atoms with Crippen molar-refractivity contribution in [2.75, 3.05) is 7.11 Å². The number of hydrogen-bond donors (Lipinski definition) is 0. The number of ether oxygens (including phenoxy) is 1. The van der Waals surface area contributed by atoms with Crippen molar-refractivity contribution in [2.24, 2.45) is 11.8 Å². The second-order valence-corrected chi connectivity index (χ2v) is 7.48. The number of rotatable bonds is 4. The predicted octanol–water partition coefficient (Wildman–Crippen LogP) is 6.40. The Morgan fingerprint density at radius 1 is 0.875 bits per heavy atom. The van der Waals surface area contributed by atoms with Crippen LogP contribution < -0.4 is 0 Å². The van der Waals surface area contributed by atoms with E-state index in [1.165, 1.54) is 56.9 Å². The van der Waals surface area contributed by atoms with Crippen LogP contribution in [0.3, 0.4) is 0 Å². The van der Waals surface area contributed by atoms with Crippen LogP contribution in [-0.4, -0.2) is 13.2 Å². The second-order valence-electron chi connectivity index (χ2n) is 7.48. The summed E-state index contributed by atoms with van der Waals surface area (Å²) in [7, 11) is 1.83. The summed E-state index contributed by atoms with van der Waals surface area (Å²) in [5, 5.41) is 0. The van der Waals surface area contributed by atoms with Crippen molar-refractivity contribution in [1.82, 2.24) is 0 Å². The minimum Gasteiger partial charge on any atom is -0.381 e. The molecule has 0 atom stereocenters. The zero-order chi connectivity index (χ0) is 16.9. The van der Waals surface area contributed by atoms with E-state index in [-0.39, 0.29) is 0 Å². The van der Waals surface area contributed by atoms with Gasteiger partial charge >= 0.3 is 0 Å². The summed E-state index contributed by atoms with van der Waals surface area (Å²) >= 11 is 0. The first-order chi connectivity index (χ1) is 11.7. The number of hydrogen-bond acceptors (Lipinski definition) is 1. The van der Waals surface area contributed by atoms with Crippen molar-refractivity contribution in [2.45, 2.75) is 63.4 Å². The Morgan fingerprint density at radius 3 is 1.92 bits per heavy atom. The molecule has 3 rings (SSSR count). The summed E-state index contributed by atoms with van der Waals surface area (Å²) in [6.07, 6.45) is 9.97. The fraction of sp³-hybridized carbons (Fsp3) is 0.619. The lowest BCUT2D eigenvalue weighted by Crippen LogP contribution is -2.27. The Labute approximate surface area is 144 Å². The molecular formula is C21H28F2O. The largest absolute Gasteiger partial charge is 0.381 e. The molecule has 3 heteroatoms. The summed E-state index contributed by atoms with van der Waals surface area (Å²) < 4.78 is 30.1. The molecule has 1 aromatic rings. The molecule has 0 unspecified atom stereocenters. The van der Waals surface area contributed by atoms with Crippen molar-refractivity contribution in [1.29, 1.82) is 0 Å². The first-order valence-electron chi connectivity index (χ1n) is 9.31. The van der Waals surface area contributed by atoms with Crippen LogP contribution in [-0.2, 0) is 4.74 Å². The number of halogens is 2. The highest BCUT2D eigenvalue weighted by Gasteiger charge is 2.31. The summed E-state index contributed by atoms with van der Waals surface area (Å²) in [4.78, 5) is 0. The number of benzene rings is 1. The molecule has 132 valence electrons. The van der Waals surface area contributed by atoms with Gasteiger partial charge in [0.05, 0.1) is 6.10 Å². The van der Waals surface area contributed by atoms with Crippen molar-refractivity contribution in [3.63, 3.8) is 0 Å². The van der Waals surface area contributed by atoms with Gasteiger partial charge in [-0.1, -0.05) is 24.3 Å². The van der Waals surface area contributed by atoms with Gasteiger partial charge in [-0.15, -0.1) is 0 Å². The zero-order valence-electron chi connectivity index (χ0n) is 14.5. The molecule has 0 bridgehead atoms. The van der Waals surface area contributed by atoms with Crippen LogP contribution in [0.15, 0.2) is 30.3 Å². The predicted molar refractivity (Wildman–Crippen MR) is 94.1 cm³/mol. The zero-order valence-corrected chi connectivity index (χ0v) is 14.5. The molecule has 0 aromatic heterocycles. The van der Waals surface area contributed by atoms with E-state index in [1.807, 2.05) is 31.4 Å². The maximum atomic E-state index is 12.3. The lowest BCUT2D eigenvalue weighted by atomic mass is 9.69. The van der Waals surface area contributed by atoms with E-state index in [4.69, 9.17) is 4.74 Å². The molecule has 0 aliphatic heterocycles. The highest BCUT2D eigenvalue weighted by atomic mass is 19.3. The molecule has 0 saturated heterocycles. The molecule has 0 radical (unpaired) electrons. The van der Waals surface area contributed by atoms with Gasteiger partial charge in [0.1, 0.15) is 0 Å². The van der Waals surface area contributed by atoms with Crippen LogP contribution in [0.2, 0.25) is 0 Å². The first kappa shape index (κ1) is 17.6. The lowest BCUT2D eigenvalue weighted by molar-refractivity contribution is 0.0410. The second kappa shape index (κ2) is 8.24. The minimum absolute atomic E-state index is 0.485. The maximum absolute atomic E-state index is 12.3. The SMILES string of the molecule is COC1CCC(C2CCC(c3ccc(C=C(F)F)cc3)CC2)CC1. The third kappa shape index (κ3) is 4.44. The smallest absolute Gasteiger partial charge is 0.270 e. The summed E-state index contributed by atoms with van der Waals surface area (Å²) in [5.74, 6) is 2.36. The van der Waals surface area contributed by atoms with Crippen LogP contribution in [0.5, 0.6) is 0 Å². The fourth-order valence-electron chi connectivity index (χ4n) is 4.71. The van der Waals surface area contributed by atoms with E-state index < -0.39 is 6.08 Å². The molecular weight excluding hydrogens is 306 g/mol. The van der Waals surface area contributed by atoms with Gasteiger partial charge in [-0.05, 0) is 80.2 Å². The fourth-order valence-corrected chi connectivity index (χ4v) is 4.71.